The van der Waals surface area contributed by atoms with Crippen LogP contribution in [-0.2, 0) is 6.42 Å². The van der Waals surface area contributed by atoms with Gasteiger partial charge in [0.05, 0.1) is 10.6 Å². The first kappa shape index (κ1) is 10.8. The van der Waals surface area contributed by atoms with Crippen molar-refractivity contribution in [2.75, 3.05) is 0 Å². The van der Waals surface area contributed by atoms with Gasteiger partial charge in [-0.2, -0.15) is 0 Å². The molecular formula is C9H11Cl2NO. The van der Waals surface area contributed by atoms with Crippen molar-refractivity contribution in [3.63, 3.8) is 0 Å². The van der Waals surface area contributed by atoms with Crippen LogP contribution in [0, 0.1) is 0 Å². The number of aromatic nitrogens is 1. The lowest BCUT2D eigenvalue weighted by Crippen LogP contribution is -2.21. The molecule has 0 saturated carbocycles. The molecule has 0 unspecified atom stereocenters. The third-order valence-corrected chi connectivity index (χ3v) is 2.18. The molecule has 1 N–H and O–H groups in total. The molecule has 0 aliphatic carbocycles. The fraction of sp³-hybridized carbons (Fsp3) is 0.444. The summed E-state index contributed by atoms with van der Waals surface area (Å²) in [5.74, 6) is 0. The van der Waals surface area contributed by atoms with Crippen molar-refractivity contribution in [1.82, 2.24) is 4.98 Å². The summed E-state index contributed by atoms with van der Waals surface area (Å²) in [5.41, 5.74) is 0.126. The summed E-state index contributed by atoms with van der Waals surface area (Å²) >= 11 is 11.4. The number of halogens is 2. The zero-order chi connectivity index (χ0) is 10.1. The Kier molecular flexibility index (Phi) is 3.17. The highest BCUT2D eigenvalue weighted by Gasteiger charge is 2.14. The van der Waals surface area contributed by atoms with E-state index in [9.17, 15) is 5.11 Å². The van der Waals surface area contributed by atoms with Gasteiger partial charge in [0.15, 0.2) is 0 Å². The van der Waals surface area contributed by atoms with Crippen LogP contribution in [0.25, 0.3) is 0 Å². The fourth-order valence-electron chi connectivity index (χ4n) is 1.06. The molecule has 1 rings (SSSR count). The van der Waals surface area contributed by atoms with Crippen molar-refractivity contribution in [3.05, 3.63) is 28.0 Å². The molecule has 4 heteroatoms. The van der Waals surface area contributed by atoms with Gasteiger partial charge in [0.1, 0.15) is 5.15 Å². The second kappa shape index (κ2) is 3.82. The highest BCUT2D eigenvalue weighted by molar-refractivity contribution is 6.41. The SMILES string of the molecule is CC(C)(O)Cc1cnc(Cl)c(Cl)c1. The molecule has 0 amide bonds. The maximum atomic E-state index is 9.53. The van der Waals surface area contributed by atoms with Crippen molar-refractivity contribution in [2.24, 2.45) is 0 Å². The maximum Gasteiger partial charge on any atom is 0.147 e. The van der Waals surface area contributed by atoms with Crippen LogP contribution in [0.15, 0.2) is 12.3 Å². The van der Waals surface area contributed by atoms with Crippen LogP contribution in [0.3, 0.4) is 0 Å². The molecular weight excluding hydrogens is 209 g/mol. The Morgan fingerprint density at radius 2 is 2.08 bits per heavy atom. The van der Waals surface area contributed by atoms with Gasteiger partial charge in [-0.05, 0) is 25.5 Å². The Labute approximate surface area is 87.5 Å². The number of aliphatic hydroxyl groups is 1. The van der Waals surface area contributed by atoms with Crippen LogP contribution < -0.4 is 0 Å². The molecule has 0 saturated heterocycles. The second-order valence-corrected chi connectivity index (χ2v) is 4.37. The number of rotatable bonds is 2. The molecule has 0 spiro atoms. The molecule has 0 aliphatic heterocycles. The summed E-state index contributed by atoms with van der Waals surface area (Å²) in [6.07, 6.45) is 2.13. The molecule has 1 aromatic rings. The van der Waals surface area contributed by atoms with E-state index in [1.54, 1.807) is 26.1 Å². The number of hydrogen-bond acceptors (Lipinski definition) is 2. The van der Waals surface area contributed by atoms with Crippen molar-refractivity contribution < 1.29 is 5.11 Å². The van der Waals surface area contributed by atoms with Gasteiger partial charge in [-0.15, -0.1) is 0 Å². The van der Waals surface area contributed by atoms with Crippen molar-refractivity contribution in [1.29, 1.82) is 0 Å². The topological polar surface area (TPSA) is 33.1 Å². The highest BCUT2D eigenvalue weighted by atomic mass is 35.5. The van der Waals surface area contributed by atoms with Crippen LogP contribution in [0.1, 0.15) is 19.4 Å². The lowest BCUT2D eigenvalue weighted by molar-refractivity contribution is 0.0809. The largest absolute Gasteiger partial charge is 0.390 e. The Morgan fingerprint density at radius 1 is 1.46 bits per heavy atom. The van der Waals surface area contributed by atoms with E-state index in [1.165, 1.54) is 0 Å². The van der Waals surface area contributed by atoms with Crippen LogP contribution in [0.2, 0.25) is 10.2 Å². The Bertz CT molecular complexity index is 307. The summed E-state index contributed by atoms with van der Waals surface area (Å²) in [6.45, 7) is 3.46. The summed E-state index contributed by atoms with van der Waals surface area (Å²) in [5, 5.41) is 10.2. The first-order valence-corrected chi connectivity index (χ1v) is 4.66. The first-order chi connectivity index (χ1) is 5.88. The molecule has 13 heavy (non-hydrogen) atoms. The van der Waals surface area contributed by atoms with Gasteiger partial charge >= 0.3 is 0 Å². The molecule has 72 valence electrons. The van der Waals surface area contributed by atoms with Crippen LogP contribution in [-0.4, -0.2) is 15.7 Å². The van der Waals surface area contributed by atoms with Gasteiger partial charge in [-0.25, -0.2) is 4.98 Å². The van der Waals surface area contributed by atoms with E-state index < -0.39 is 5.60 Å². The molecule has 0 atom stereocenters. The first-order valence-electron chi connectivity index (χ1n) is 3.91. The van der Waals surface area contributed by atoms with Crippen LogP contribution >= 0.6 is 23.2 Å². The fourth-order valence-corrected chi connectivity index (χ4v) is 1.35. The smallest absolute Gasteiger partial charge is 0.147 e. The molecule has 0 aliphatic rings. The Balaban J connectivity index is 2.86. The van der Waals surface area contributed by atoms with E-state index in [0.717, 1.165) is 5.56 Å². The maximum absolute atomic E-state index is 9.53. The van der Waals surface area contributed by atoms with Gasteiger partial charge in [-0.3, -0.25) is 0 Å². The Morgan fingerprint density at radius 3 is 2.54 bits per heavy atom. The lowest BCUT2D eigenvalue weighted by Gasteiger charge is -2.16. The number of pyridine rings is 1. The predicted molar refractivity (Wildman–Crippen MR) is 54.3 cm³/mol. The predicted octanol–water partition coefficient (Wildman–Crippen LogP) is 2.70. The summed E-state index contributed by atoms with van der Waals surface area (Å²) in [4.78, 5) is 3.89. The van der Waals surface area contributed by atoms with Crippen LogP contribution in [0.5, 0.6) is 0 Å². The van der Waals surface area contributed by atoms with Crippen molar-refractivity contribution >= 4 is 23.2 Å². The minimum absolute atomic E-state index is 0.293. The molecule has 1 heterocycles. The van der Waals surface area contributed by atoms with Gasteiger partial charge in [0.25, 0.3) is 0 Å². The average Bonchev–Trinajstić information content (AvgIpc) is 1.94. The second-order valence-electron chi connectivity index (χ2n) is 3.61. The zero-order valence-electron chi connectivity index (χ0n) is 7.51. The summed E-state index contributed by atoms with van der Waals surface area (Å²) in [6, 6.07) is 1.72. The zero-order valence-corrected chi connectivity index (χ0v) is 9.02. The standard InChI is InChI=1S/C9H11Cl2NO/c1-9(2,13)4-6-3-7(10)8(11)12-5-6/h3,5,13H,4H2,1-2H3. The molecule has 1 aromatic heterocycles. The molecule has 0 radical (unpaired) electrons. The summed E-state index contributed by atoms with van der Waals surface area (Å²) < 4.78 is 0. The monoisotopic (exact) mass is 219 g/mol. The number of nitrogens with zero attached hydrogens (tertiary/aromatic N) is 1. The minimum atomic E-state index is -0.751. The van der Waals surface area contributed by atoms with E-state index >= 15 is 0 Å². The lowest BCUT2D eigenvalue weighted by atomic mass is 10.0. The third-order valence-electron chi connectivity index (χ3n) is 1.49. The summed E-state index contributed by atoms with van der Waals surface area (Å²) in [7, 11) is 0. The van der Waals surface area contributed by atoms with Gasteiger partial charge < -0.3 is 5.11 Å². The van der Waals surface area contributed by atoms with Gasteiger partial charge in [0.2, 0.25) is 0 Å². The van der Waals surface area contributed by atoms with Crippen molar-refractivity contribution in [2.45, 2.75) is 25.9 Å². The molecule has 0 aromatic carbocycles. The van der Waals surface area contributed by atoms with E-state index in [-0.39, 0.29) is 0 Å². The molecule has 0 fully saturated rings. The van der Waals surface area contributed by atoms with E-state index in [4.69, 9.17) is 23.2 Å². The quantitative estimate of drug-likeness (QED) is 0.777. The van der Waals surface area contributed by atoms with E-state index in [0.29, 0.717) is 16.6 Å². The van der Waals surface area contributed by atoms with E-state index in [2.05, 4.69) is 4.98 Å². The third kappa shape index (κ3) is 3.51. The normalized spacial score (nSPS) is 11.8. The van der Waals surface area contributed by atoms with Crippen molar-refractivity contribution in [3.8, 4) is 0 Å². The molecule has 2 nitrogen and oxygen atoms in total. The van der Waals surface area contributed by atoms with Crippen LogP contribution in [0.4, 0.5) is 0 Å². The highest BCUT2D eigenvalue weighted by Crippen LogP contribution is 2.21. The van der Waals surface area contributed by atoms with E-state index in [1.807, 2.05) is 0 Å². The minimum Gasteiger partial charge on any atom is -0.390 e. The average molecular weight is 220 g/mol. The Hall–Kier alpha value is -0.310. The molecule has 0 bridgehead atoms. The number of hydrogen-bond donors (Lipinski definition) is 1. The van der Waals surface area contributed by atoms with Gasteiger partial charge in [-0.1, -0.05) is 23.2 Å². The van der Waals surface area contributed by atoms with Gasteiger partial charge in [0, 0.05) is 12.6 Å².